The summed E-state index contributed by atoms with van der Waals surface area (Å²) in [5.41, 5.74) is 1.69. The van der Waals surface area contributed by atoms with Gasteiger partial charge in [-0.2, -0.15) is 5.10 Å². The van der Waals surface area contributed by atoms with Crippen LogP contribution in [-0.2, 0) is 17.8 Å². The molecule has 4 nitrogen and oxygen atoms in total. The smallest absolute Gasteiger partial charge is 0.159 e. The second-order valence-electron chi connectivity index (χ2n) is 10.3. The van der Waals surface area contributed by atoms with Gasteiger partial charge in [-0.25, -0.2) is 0 Å². The number of aryl methyl sites for hydroxylation is 1. The Kier molecular flexibility index (Phi) is 6.49. The number of aromatic nitrogens is 2. The molecule has 0 spiro atoms. The predicted molar refractivity (Wildman–Crippen MR) is 121 cm³/mol. The van der Waals surface area contributed by atoms with Gasteiger partial charge in [-0.05, 0) is 23.9 Å². The second-order valence-corrected chi connectivity index (χ2v) is 16.0. The Morgan fingerprint density at radius 1 is 1.18 bits per heavy atom. The molecule has 0 unspecified atom stereocenters. The van der Waals surface area contributed by atoms with E-state index in [2.05, 4.69) is 46.9 Å². The van der Waals surface area contributed by atoms with Crippen LogP contribution in [0.5, 0.6) is 5.75 Å². The number of Topliss-reactive ketones (excluding diaryl/α,β-unsaturated/α-hetero) is 1. The number of hydrogen-bond donors (Lipinski definition) is 0. The highest BCUT2D eigenvalue weighted by Gasteiger charge is 2.35. The Hall–Kier alpha value is -1.62. The maximum Gasteiger partial charge on any atom is 0.159 e. The van der Waals surface area contributed by atoms with Crippen LogP contribution in [0.4, 0.5) is 0 Å². The minimum absolute atomic E-state index is 0.232. The standard InChI is InChI=1S/C23H38N2O2Si/c1-10-23(5,6)20(26)16-25-18(14-15-28(8,9)22(2,3)4)17-12-11-13-19(27-7)21(17)24-25/h11-13H,10,14-16H2,1-9H3. The van der Waals surface area contributed by atoms with E-state index in [0.717, 1.165) is 29.5 Å². The van der Waals surface area contributed by atoms with E-state index in [4.69, 9.17) is 9.84 Å². The fraction of sp³-hybridized carbons (Fsp3) is 0.652. The van der Waals surface area contributed by atoms with E-state index >= 15 is 0 Å². The molecule has 2 rings (SSSR count). The first-order valence-corrected chi connectivity index (χ1v) is 13.6. The van der Waals surface area contributed by atoms with Crippen molar-refractivity contribution in [2.24, 2.45) is 5.41 Å². The molecule has 2 aromatic rings. The number of nitrogens with zero attached hydrogens (tertiary/aromatic N) is 2. The van der Waals surface area contributed by atoms with Gasteiger partial charge in [0, 0.05) is 16.5 Å². The first-order valence-electron chi connectivity index (χ1n) is 10.4. The van der Waals surface area contributed by atoms with Gasteiger partial charge in [0.1, 0.15) is 17.8 Å². The van der Waals surface area contributed by atoms with Gasteiger partial charge in [-0.15, -0.1) is 0 Å². The van der Waals surface area contributed by atoms with Crippen molar-refractivity contribution in [2.75, 3.05) is 7.11 Å². The van der Waals surface area contributed by atoms with Crippen LogP contribution in [-0.4, -0.2) is 30.7 Å². The summed E-state index contributed by atoms with van der Waals surface area (Å²) in [7, 11) is 0.241. The van der Waals surface area contributed by atoms with E-state index in [1.54, 1.807) is 7.11 Å². The number of benzene rings is 1. The van der Waals surface area contributed by atoms with Crippen molar-refractivity contribution in [3.8, 4) is 5.75 Å². The Bertz CT molecular complexity index is 844. The monoisotopic (exact) mass is 402 g/mol. The molecule has 5 heteroatoms. The summed E-state index contributed by atoms with van der Waals surface area (Å²) in [6.07, 6.45) is 1.77. The fourth-order valence-corrected chi connectivity index (χ4v) is 4.70. The first-order chi connectivity index (χ1) is 12.8. The van der Waals surface area contributed by atoms with Crippen LogP contribution < -0.4 is 4.74 Å². The van der Waals surface area contributed by atoms with Gasteiger partial charge in [0.05, 0.1) is 15.2 Å². The van der Waals surface area contributed by atoms with Gasteiger partial charge in [-0.3, -0.25) is 9.48 Å². The van der Waals surface area contributed by atoms with Crippen molar-refractivity contribution >= 4 is 24.8 Å². The van der Waals surface area contributed by atoms with Crippen molar-refractivity contribution in [3.05, 3.63) is 23.9 Å². The predicted octanol–water partition coefficient (Wildman–Crippen LogP) is 6.10. The van der Waals surface area contributed by atoms with Crippen molar-refractivity contribution in [1.29, 1.82) is 0 Å². The number of ether oxygens (including phenoxy) is 1. The molecule has 0 amide bonds. The topological polar surface area (TPSA) is 44.1 Å². The quantitative estimate of drug-likeness (QED) is 0.501. The van der Waals surface area contributed by atoms with E-state index < -0.39 is 8.07 Å². The molecule has 1 aromatic heterocycles. The number of carbonyl (C=O) groups is 1. The average Bonchev–Trinajstić information content (AvgIpc) is 2.96. The molecule has 0 saturated heterocycles. The van der Waals surface area contributed by atoms with E-state index in [9.17, 15) is 4.79 Å². The van der Waals surface area contributed by atoms with Gasteiger partial charge >= 0.3 is 0 Å². The van der Waals surface area contributed by atoms with E-state index in [0.29, 0.717) is 11.6 Å². The Morgan fingerprint density at radius 3 is 2.36 bits per heavy atom. The van der Waals surface area contributed by atoms with E-state index in [-0.39, 0.29) is 11.2 Å². The number of ketones is 1. The van der Waals surface area contributed by atoms with Crippen LogP contribution >= 0.6 is 0 Å². The molecular formula is C23H38N2O2Si. The minimum Gasteiger partial charge on any atom is -0.494 e. The van der Waals surface area contributed by atoms with E-state index in [1.165, 1.54) is 11.7 Å². The lowest BCUT2D eigenvalue weighted by Gasteiger charge is -2.37. The number of hydrogen-bond acceptors (Lipinski definition) is 3. The maximum absolute atomic E-state index is 12.9. The lowest BCUT2D eigenvalue weighted by Crippen LogP contribution is -2.37. The molecule has 0 bridgehead atoms. The lowest BCUT2D eigenvalue weighted by molar-refractivity contribution is -0.128. The molecule has 0 aliphatic rings. The Balaban J connectivity index is 2.48. The summed E-state index contributed by atoms with van der Waals surface area (Å²) in [6.45, 7) is 18.4. The Morgan fingerprint density at radius 2 is 1.82 bits per heavy atom. The molecule has 0 atom stereocenters. The fourth-order valence-electron chi connectivity index (χ4n) is 3.09. The summed E-state index contributed by atoms with van der Waals surface area (Å²) in [4.78, 5) is 12.9. The van der Waals surface area contributed by atoms with Gasteiger partial charge in [-0.1, -0.05) is 72.8 Å². The number of fused-ring (bicyclic) bond motifs is 1. The third-order valence-corrected chi connectivity index (χ3v) is 12.6. The molecule has 0 radical (unpaired) electrons. The zero-order valence-electron chi connectivity index (χ0n) is 19.3. The Labute approximate surface area is 171 Å². The van der Waals surface area contributed by atoms with Crippen LogP contribution in [0.15, 0.2) is 18.2 Å². The zero-order valence-corrected chi connectivity index (χ0v) is 20.3. The van der Waals surface area contributed by atoms with Crippen LogP contribution in [0.1, 0.15) is 53.7 Å². The van der Waals surface area contributed by atoms with Gasteiger partial charge in [0.15, 0.2) is 5.78 Å². The van der Waals surface area contributed by atoms with Gasteiger partial charge < -0.3 is 4.74 Å². The summed E-state index contributed by atoms with van der Waals surface area (Å²) >= 11 is 0. The molecule has 156 valence electrons. The van der Waals surface area contributed by atoms with Crippen molar-refractivity contribution in [2.45, 2.75) is 85.1 Å². The van der Waals surface area contributed by atoms with Crippen molar-refractivity contribution in [3.63, 3.8) is 0 Å². The average molecular weight is 403 g/mol. The van der Waals surface area contributed by atoms with Crippen LogP contribution in [0.2, 0.25) is 24.2 Å². The van der Waals surface area contributed by atoms with E-state index in [1.807, 2.05) is 30.7 Å². The summed E-state index contributed by atoms with van der Waals surface area (Å²) < 4.78 is 7.48. The molecule has 0 fully saturated rings. The van der Waals surface area contributed by atoms with Gasteiger partial charge in [0.25, 0.3) is 0 Å². The molecule has 0 saturated carbocycles. The SMILES string of the molecule is CCC(C)(C)C(=O)Cn1nc2c(OC)cccc2c1CC[Si](C)(C)C(C)(C)C. The largest absolute Gasteiger partial charge is 0.494 e. The third-order valence-electron chi connectivity index (χ3n) is 7.01. The molecular weight excluding hydrogens is 364 g/mol. The van der Waals surface area contributed by atoms with Crippen molar-refractivity contribution < 1.29 is 9.53 Å². The van der Waals surface area contributed by atoms with Gasteiger partial charge in [0.2, 0.25) is 0 Å². The maximum atomic E-state index is 12.9. The molecule has 0 N–H and O–H groups in total. The molecule has 1 aromatic carbocycles. The number of methoxy groups -OCH3 is 1. The van der Waals surface area contributed by atoms with Crippen molar-refractivity contribution in [1.82, 2.24) is 9.78 Å². The van der Waals surface area contributed by atoms with Crippen LogP contribution in [0, 0.1) is 5.41 Å². The van der Waals surface area contributed by atoms with Crippen LogP contribution in [0.25, 0.3) is 10.9 Å². The summed E-state index contributed by atoms with van der Waals surface area (Å²) in [5.74, 6) is 1.00. The molecule has 0 aliphatic heterocycles. The highest BCUT2D eigenvalue weighted by atomic mass is 28.3. The van der Waals surface area contributed by atoms with Crippen LogP contribution in [0.3, 0.4) is 0 Å². The normalized spacial score (nSPS) is 13.2. The molecule has 0 aliphatic carbocycles. The zero-order chi connectivity index (χ0) is 21.3. The number of carbonyl (C=O) groups excluding carboxylic acids is 1. The second kappa shape index (κ2) is 8.01. The third kappa shape index (κ3) is 4.51. The molecule has 28 heavy (non-hydrogen) atoms. The first kappa shape index (κ1) is 22.7. The highest BCUT2D eigenvalue weighted by molar-refractivity contribution is 6.80. The highest BCUT2D eigenvalue weighted by Crippen LogP contribution is 2.40. The molecule has 1 heterocycles. The summed E-state index contributed by atoms with van der Waals surface area (Å²) in [5, 5.41) is 6.27. The minimum atomic E-state index is -1.43. The lowest BCUT2D eigenvalue weighted by atomic mass is 9.85. The number of rotatable bonds is 8. The summed E-state index contributed by atoms with van der Waals surface area (Å²) in [6, 6.07) is 7.23.